The fourth-order valence-corrected chi connectivity index (χ4v) is 2.05. The van der Waals surface area contributed by atoms with Crippen molar-refractivity contribution in [3.63, 3.8) is 0 Å². The Morgan fingerprint density at radius 1 is 1.39 bits per heavy atom. The number of nitriles is 1. The fraction of sp³-hybridized carbons (Fsp3) is 0.333. The Bertz CT molecular complexity index is 522. The average molecular weight is 242 g/mol. The predicted molar refractivity (Wildman–Crippen MR) is 72.7 cm³/mol. The lowest BCUT2D eigenvalue weighted by Gasteiger charge is -2.16. The summed E-state index contributed by atoms with van der Waals surface area (Å²) in [4.78, 5) is 11.8. The smallest absolute Gasteiger partial charge is 0.158 e. The van der Waals surface area contributed by atoms with Gasteiger partial charge in [-0.25, -0.2) is 0 Å². The molecule has 3 nitrogen and oxygen atoms in total. The summed E-state index contributed by atoms with van der Waals surface area (Å²) in [6.07, 6.45) is 0. The Morgan fingerprint density at radius 2 is 2.06 bits per heavy atom. The molecular weight excluding hydrogens is 224 g/mol. The molecule has 0 unspecified atom stereocenters. The zero-order valence-corrected chi connectivity index (χ0v) is 11.2. The lowest BCUT2D eigenvalue weighted by Crippen LogP contribution is -2.16. The van der Waals surface area contributed by atoms with Crippen LogP contribution in [-0.2, 0) is 4.79 Å². The van der Waals surface area contributed by atoms with Crippen molar-refractivity contribution < 1.29 is 4.79 Å². The molecule has 0 aliphatic carbocycles. The summed E-state index contributed by atoms with van der Waals surface area (Å²) in [5.41, 5.74) is 3.02. The molecule has 1 rings (SSSR count). The highest BCUT2D eigenvalue weighted by Crippen LogP contribution is 2.23. The summed E-state index contributed by atoms with van der Waals surface area (Å²) in [7, 11) is 1.79. The first kappa shape index (κ1) is 14.0. The van der Waals surface area contributed by atoms with Crippen molar-refractivity contribution in [3.8, 4) is 6.07 Å². The lowest BCUT2D eigenvalue weighted by atomic mass is 9.93. The molecule has 0 aliphatic rings. The van der Waals surface area contributed by atoms with Gasteiger partial charge in [0.15, 0.2) is 5.78 Å². The van der Waals surface area contributed by atoms with Crippen LogP contribution >= 0.6 is 0 Å². The van der Waals surface area contributed by atoms with Crippen molar-refractivity contribution in [2.45, 2.75) is 20.8 Å². The molecule has 94 valence electrons. The first-order valence-corrected chi connectivity index (χ1v) is 5.94. The van der Waals surface area contributed by atoms with E-state index in [4.69, 9.17) is 5.26 Å². The van der Waals surface area contributed by atoms with Gasteiger partial charge in [-0.1, -0.05) is 26.0 Å². The molecule has 1 aromatic carbocycles. The van der Waals surface area contributed by atoms with Gasteiger partial charge in [-0.15, -0.1) is 0 Å². The van der Waals surface area contributed by atoms with E-state index in [-0.39, 0.29) is 11.7 Å². The second-order valence-electron chi connectivity index (χ2n) is 4.44. The van der Waals surface area contributed by atoms with Crippen molar-refractivity contribution in [1.29, 1.82) is 5.26 Å². The van der Waals surface area contributed by atoms with Crippen molar-refractivity contribution >= 4 is 11.5 Å². The molecule has 0 saturated carbocycles. The van der Waals surface area contributed by atoms with Gasteiger partial charge in [0, 0.05) is 18.3 Å². The van der Waals surface area contributed by atoms with E-state index in [2.05, 4.69) is 11.4 Å². The maximum Gasteiger partial charge on any atom is 0.158 e. The number of carbonyl (C=O) groups excluding carboxylic acids is 1. The van der Waals surface area contributed by atoms with Crippen LogP contribution in [-0.4, -0.2) is 12.8 Å². The van der Waals surface area contributed by atoms with Crippen LogP contribution in [0.4, 0.5) is 0 Å². The largest absolute Gasteiger partial charge is 0.387 e. The third kappa shape index (κ3) is 2.98. The summed E-state index contributed by atoms with van der Waals surface area (Å²) in [5.74, 6) is 0.187. The summed E-state index contributed by atoms with van der Waals surface area (Å²) in [6, 6.07) is 9.37. The number of hydrogen-bond donors (Lipinski definition) is 1. The van der Waals surface area contributed by atoms with Crippen LogP contribution in [0.2, 0.25) is 0 Å². The molecule has 0 bridgehead atoms. The molecule has 1 aromatic rings. The van der Waals surface area contributed by atoms with Gasteiger partial charge in [0.25, 0.3) is 0 Å². The van der Waals surface area contributed by atoms with Crippen molar-refractivity contribution in [2.75, 3.05) is 7.05 Å². The number of hydrogen-bond acceptors (Lipinski definition) is 3. The number of benzene rings is 1. The fourth-order valence-electron chi connectivity index (χ4n) is 2.05. The van der Waals surface area contributed by atoms with Gasteiger partial charge in [-0.3, -0.25) is 4.79 Å². The van der Waals surface area contributed by atoms with Crippen LogP contribution in [0.15, 0.2) is 29.8 Å². The molecule has 0 spiro atoms. The van der Waals surface area contributed by atoms with Gasteiger partial charge in [0.05, 0.1) is 11.6 Å². The van der Waals surface area contributed by atoms with E-state index in [1.165, 1.54) is 0 Å². The second-order valence-corrected chi connectivity index (χ2v) is 4.44. The van der Waals surface area contributed by atoms with Crippen LogP contribution in [0.5, 0.6) is 0 Å². The molecule has 0 radical (unpaired) electrons. The minimum absolute atomic E-state index is 0.0525. The highest BCUT2D eigenvalue weighted by atomic mass is 16.1. The minimum atomic E-state index is 0.0525. The third-order valence-electron chi connectivity index (χ3n) is 2.76. The summed E-state index contributed by atoms with van der Waals surface area (Å²) >= 11 is 0. The monoisotopic (exact) mass is 242 g/mol. The first-order chi connectivity index (χ1) is 8.51. The highest BCUT2D eigenvalue weighted by Gasteiger charge is 2.16. The predicted octanol–water partition coefficient (Wildman–Crippen LogP) is 2.73. The van der Waals surface area contributed by atoms with Gasteiger partial charge in [0.2, 0.25) is 0 Å². The standard InChI is InChI=1S/C15H18N2O/c1-10(2)14(11(3)18)15(17-4)13-7-5-6-12(8-13)9-16/h5-8,10,17H,1-4H3/b15-14-. The van der Waals surface area contributed by atoms with Crippen LogP contribution in [0, 0.1) is 17.2 Å². The average Bonchev–Trinajstić information content (AvgIpc) is 2.34. The topological polar surface area (TPSA) is 52.9 Å². The molecule has 0 saturated heterocycles. The summed E-state index contributed by atoms with van der Waals surface area (Å²) < 4.78 is 0. The normalized spacial score (nSPS) is 11.8. The van der Waals surface area contributed by atoms with Gasteiger partial charge in [-0.05, 0) is 30.5 Å². The molecule has 0 fully saturated rings. The third-order valence-corrected chi connectivity index (χ3v) is 2.76. The minimum Gasteiger partial charge on any atom is -0.387 e. The molecule has 0 heterocycles. The molecule has 0 atom stereocenters. The molecule has 0 aliphatic heterocycles. The Kier molecular flexibility index (Phi) is 4.67. The number of allylic oxidation sites excluding steroid dienone is 1. The van der Waals surface area contributed by atoms with E-state index in [0.29, 0.717) is 5.56 Å². The van der Waals surface area contributed by atoms with Gasteiger partial charge < -0.3 is 5.32 Å². The highest BCUT2D eigenvalue weighted by molar-refractivity contribution is 6.01. The van der Waals surface area contributed by atoms with Crippen LogP contribution in [0.3, 0.4) is 0 Å². The zero-order valence-electron chi connectivity index (χ0n) is 11.2. The lowest BCUT2D eigenvalue weighted by molar-refractivity contribution is -0.114. The molecule has 0 aromatic heterocycles. The van der Waals surface area contributed by atoms with Gasteiger partial charge in [0.1, 0.15) is 0 Å². The summed E-state index contributed by atoms with van der Waals surface area (Å²) in [5, 5.41) is 12.0. The van der Waals surface area contributed by atoms with Gasteiger partial charge >= 0.3 is 0 Å². The Morgan fingerprint density at radius 3 is 2.50 bits per heavy atom. The SMILES string of the molecule is CN/C(=C(\C(C)=O)C(C)C)c1cccc(C#N)c1. The van der Waals surface area contributed by atoms with E-state index in [1.54, 1.807) is 26.1 Å². The van der Waals surface area contributed by atoms with Crippen LogP contribution in [0.1, 0.15) is 31.9 Å². The number of nitrogens with zero attached hydrogens (tertiary/aromatic N) is 1. The number of carbonyl (C=O) groups is 1. The van der Waals surface area contributed by atoms with E-state index < -0.39 is 0 Å². The molecule has 0 amide bonds. The zero-order chi connectivity index (χ0) is 13.7. The van der Waals surface area contributed by atoms with Crippen molar-refractivity contribution in [2.24, 2.45) is 5.92 Å². The number of rotatable bonds is 4. The summed E-state index contributed by atoms with van der Waals surface area (Å²) in [6.45, 7) is 5.55. The molecule has 3 heteroatoms. The maximum absolute atomic E-state index is 11.8. The van der Waals surface area contributed by atoms with E-state index in [0.717, 1.165) is 16.8 Å². The molecular formula is C15H18N2O. The van der Waals surface area contributed by atoms with E-state index in [9.17, 15) is 4.79 Å². The number of ketones is 1. The van der Waals surface area contributed by atoms with Crippen molar-refractivity contribution in [3.05, 3.63) is 41.0 Å². The van der Waals surface area contributed by atoms with Crippen LogP contribution in [0.25, 0.3) is 5.70 Å². The second kappa shape index (κ2) is 6.02. The Balaban J connectivity index is 3.44. The van der Waals surface area contributed by atoms with Gasteiger partial charge in [-0.2, -0.15) is 5.26 Å². The number of Topliss-reactive ketones (excluding diaryl/α,β-unsaturated/α-hetero) is 1. The van der Waals surface area contributed by atoms with Crippen molar-refractivity contribution in [1.82, 2.24) is 5.32 Å². The van der Waals surface area contributed by atoms with E-state index in [1.807, 2.05) is 26.0 Å². The molecule has 18 heavy (non-hydrogen) atoms. The van der Waals surface area contributed by atoms with Crippen LogP contribution < -0.4 is 5.32 Å². The number of nitrogens with one attached hydrogen (secondary N) is 1. The first-order valence-electron chi connectivity index (χ1n) is 5.94. The Labute approximate surface area is 108 Å². The Hall–Kier alpha value is -2.08. The maximum atomic E-state index is 11.8. The quantitative estimate of drug-likeness (QED) is 0.826. The van der Waals surface area contributed by atoms with E-state index >= 15 is 0 Å². The molecule has 1 N–H and O–H groups in total.